The Morgan fingerprint density at radius 1 is 1.27 bits per heavy atom. The zero-order valence-electron chi connectivity index (χ0n) is 18.1. The topological polar surface area (TPSA) is 86.4 Å². The molecule has 1 aliphatic heterocycles. The van der Waals surface area contributed by atoms with Crippen molar-refractivity contribution in [2.45, 2.75) is 31.0 Å². The molecule has 1 atom stereocenters. The SMILES string of the molecule is Cc1ccc(-c2csc3nc(SCC(=O)NC[C@H]4CCCO4)n(-c4ccccc4)c(=O)c23)o1. The monoisotopic (exact) mass is 481 g/mol. The van der Waals surface area contributed by atoms with Gasteiger partial charge in [-0.05, 0) is 44.0 Å². The van der Waals surface area contributed by atoms with Crippen molar-refractivity contribution in [1.82, 2.24) is 14.9 Å². The Morgan fingerprint density at radius 2 is 2.12 bits per heavy atom. The van der Waals surface area contributed by atoms with Crippen LogP contribution in [-0.4, -0.2) is 40.5 Å². The van der Waals surface area contributed by atoms with E-state index in [1.54, 1.807) is 4.57 Å². The Hall–Kier alpha value is -2.88. The van der Waals surface area contributed by atoms with E-state index in [1.807, 2.05) is 54.8 Å². The number of carbonyl (C=O) groups excluding carboxylic acids is 1. The van der Waals surface area contributed by atoms with Gasteiger partial charge in [-0.3, -0.25) is 14.2 Å². The molecule has 0 radical (unpaired) electrons. The van der Waals surface area contributed by atoms with Crippen molar-refractivity contribution in [3.8, 4) is 17.0 Å². The second-order valence-corrected chi connectivity index (χ2v) is 9.64. The van der Waals surface area contributed by atoms with E-state index in [1.165, 1.54) is 23.1 Å². The summed E-state index contributed by atoms with van der Waals surface area (Å²) in [7, 11) is 0. The van der Waals surface area contributed by atoms with Gasteiger partial charge in [0, 0.05) is 24.1 Å². The third-order valence-electron chi connectivity index (χ3n) is 5.48. The molecule has 0 bridgehead atoms. The lowest BCUT2D eigenvalue weighted by atomic mass is 10.2. The Bertz CT molecular complexity index is 1340. The van der Waals surface area contributed by atoms with Crippen molar-refractivity contribution < 1.29 is 13.9 Å². The number of hydrogen-bond acceptors (Lipinski definition) is 7. The van der Waals surface area contributed by atoms with Gasteiger partial charge in [-0.15, -0.1) is 11.3 Å². The zero-order chi connectivity index (χ0) is 22.8. The van der Waals surface area contributed by atoms with Crippen molar-refractivity contribution in [3.63, 3.8) is 0 Å². The minimum absolute atomic E-state index is 0.0886. The standard InChI is InChI=1S/C24H23N3O4S2/c1-15-9-10-19(31-15)18-13-32-22-21(18)23(29)27(16-6-3-2-4-7-16)24(26-22)33-14-20(28)25-12-17-8-5-11-30-17/h2-4,6-7,9-10,13,17H,5,8,11-12,14H2,1H3,(H,25,28)/t17-/m1/s1. The van der Waals surface area contributed by atoms with Crippen molar-refractivity contribution in [3.05, 3.63) is 64.0 Å². The fourth-order valence-corrected chi connectivity index (χ4v) is 5.66. The molecule has 0 spiro atoms. The van der Waals surface area contributed by atoms with Crippen LogP contribution in [0.5, 0.6) is 0 Å². The summed E-state index contributed by atoms with van der Waals surface area (Å²) in [5.41, 5.74) is 1.25. The number of para-hydroxylation sites is 1. The Labute approximate surface area is 198 Å². The number of ether oxygens (including phenoxy) is 1. The first kappa shape index (κ1) is 21.9. The van der Waals surface area contributed by atoms with Gasteiger partial charge in [0.25, 0.3) is 5.56 Å². The van der Waals surface area contributed by atoms with E-state index < -0.39 is 0 Å². The van der Waals surface area contributed by atoms with E-state index >= 15 is 0 Å². The average molecular weight is 482 g/mol. The minimum Gasteiger partial charge on any atom is -0.461 e. The molecule has 1 N–H and O–H groups in total. The molecule has 1 amide bonds. The highest BCUT2D eigenvalue weighted by Gasteiger charge is 2.21. The summed E-state index contributed by atoms with van der Waals surface area (Å²) in [6.45, 7) is 3.13. The number of rotatable bonds is 7. The summed E-state index contributed by atoms with van der Waals surface area (Å²) < 4.78 is 12.9. The maximum atomic E-state index is 13.7. The lowest BCUT2D eigenvalue weighted by Gasteiger charge is -2.13. The van der Waals surface area contributed by atoms with Crippen molar-refractivity contribution in [2.24, 2.45) is 0 Å². The number of aromatic nitrogens is 2. The summed E-state index contributed by atoms with van der Waals surface area (Å²) >= 11 is 2.65. The van der Waals surface area contributed by atoms with Gasteiger partial charge in [-0.25, -0.2) is 4.98 Å². The van der Waals surface area contributed by atoms with Crippen LogP contribution in [0.1, 0.15) is 18.6 Å². The van der Waals surface area contributed by atoms with Crippen LogP contribution in [0.25, 0.3) is 27.2 Å². The lowest BCUT2D eigenvalue weighted by Crippen LogP contribution is -2.33. The first-order valence-electron chi connectivity index (χ1n) is 10.8. The van der Waals surface area contributed by atoms with Gasteiger partial charge < -0.3 is 14.5 Å². The number of fused-ring (bicyclic) bond motifs is 1. The molecule has 7 nitrogen and oxygen atoms in total. The highest BCUT2D eigenvalue weighted by atomic mass is 32.2. The minimum atomic E-state index is -0.182. The normalized spacial score (nSPS) is 15.8. The van der Waals surface area contributed by atoms with Crippen LogP contribution in [0.3, 0.4) is 0 Å². The number of furan rings is 1. The molecule has 1 aliphatic rings. The van der Waals surface area contributed by atoms with Crippen molar-refractivity contribution in [2.75, 3.05) is 18.9 Å². The van der Waals surface area contributed by atoms with E-state index in [0.29, 0.717) is 33.4 Å². The molecule has 33 heavy (non-hydrogen) atoms. The summed E-state index contributed by atoms with van der Waals surface area (Å²) in [4.78, 5) is 31.6. The third kappa shape index (κ3) is 4.62. The van der Waals surface area contributed by atoms with Crippen molar-refractivity contribution >= 4 is 39.2 Å². The Balaban J connectivity index is 1.48. The summed E-state index contributed by atoms with van der Waals surface area (Å²) in [5.74, 6) is 1.48. The van der Waals surface area contributed by atoms with E-state index in [0.717, 1.165) is 30.8 Å². The fraction of sp³-hybridized carbons (Fsp3) is 0.292. The van der Waals surface area contributed by atoms with Crippen LogP contribution in [0, 0.1) is 6.92 Å². The van der Waals surface area contributed by atoms with E-state index in [9.17, 15) is 9.59 Å². The molecule has 4 heterocycles. The average Bonchev–Trinajstić information content (AvgIpc) is 3.58. The van der Waals surface area contributed by atoms with E-state index in [2.05, 4.69) is 5.32 Å². The van der Waals surface area contributed by atoms with Crippen LogP contribution >= 0.6 is 23.1 Å². The molecule has 170 valence electrons. The molecule has 0 aliphatic carbocycles. The van der Waals surface area contributed by atoms with Gasteiger partial charge in [-0.1, -0.05) is 30.0 Å². The maximum absolute atomic E-state index is 13.7. The maximum Gasteiger partial charge on any atom is 0.268 e. The largest absolute Gasteiger partial charge is 0.461 e. The number of benzene rings is 1. The van der Waals surface area contributed by atoms with E-state index in [-0.39, 0.29) is 23.3 Å². The fourth-order valence-electron chi connectivity index (χ4n) is 3.85. The smallest absolute Gasteiger partial charge is 0.268 e. The second kappa shape index (κ2) is 9.54. The van der Waals surface area contributed by atoms with E-state index in [4.69, 9.17) is 14.1 Å². The molecular weight excluding hydrogens is 458 g/mol. The van der Waals surface area contributed by atoms with Crippen LogP contribution in [-0.2, 0) is 9.53 Å². The Kier molecular flexibility index (Phi) is 6.34. The number of aryl methyl sites for hydroxylation is 1. The number of hydrogen-bond donors (Lipinski definition) is 1. The van der Waals surface area contributed by atoms with Crippen LogP contribution < -0.4 is 10.9 Å². The summed E-state index contributed by atoms with van der Waals surface area (Å²) in [5, 5.41) is 5.82. The molecule has 3 aromatic heterocycles. The molecule has 1 fully saturated rings. The van der Waals surface area contributed by atoms with Gasteiger partial charge >= 0.3 is 0 Å². The highest BCUT2D eigenvalue weighted by molar-refractivity contribution is 7.99. The second-order valence-electron chi connectivity index (χ2n) is 7.84. The molecule has 0 unspecified atom stereocenters. The molecule has 4 aromatic rings. The molecule has 1 aromatic carbocycles. The predicted molar refractivity (Wildman–Crippen MR) is 130 cm³/mol. The van der Waals surface area contributed by atoms with Gasteiger partial charge in [0.2, 0.25) is 5.91 Å². The predicted octanol–water partition coefficient (Wildman–Crippen LogP) is 4.40. The van der Waals surface area contributed by atoms with Crippen LogP contribution in [0.15, 0.2) is 62.2 Å². The van der Waals surface area contributed by atoms with Crippen LogP contribution in [0.2, 0.25) is 0 Å². The molecular formula is C24H23N3O4S2. The number of thioether (sulfide) groups is 1. The Morgan fingerprint density at radius 3 is 2.85 bits per heavy atom. The lowest BCUT2D eigenvalue weighted by molar-refractivity contribution is -0.119. The number of carbonyl (C=O) groups is 1. The first-order valence-corrected chi connectivity index (χ1v) is 12.6. The summed E-state index contributed by atoms with van der Waals surface area (Å²) in [6, 6.07) is 13.1. The van der Waals surface area contributed by atoms with Gasteiger partial charge in [0.05, 0.1) is 22.9 Å². The van der Waals surface area contributed by atoms with Crippen LogP contribution in [0.4, 0.5) is 0 Å². The molecule has 1 saturated heterocycles. The quantitative estimate of drug-likeness (QED) is 0.311. The third-order valence-corrected chi connectivity index (χ3v) is 7.29. The molecule has 5 rings (SSSR count). The highest BCUT2D eigenvalue weighted by Crippen LogP contribution is 2.33. The number of amides is 1. The van der Waals surface area contributed by atoms with Gasteiger partial charge in [0.1, 0.15) is 16.4 Å². The van der Waals surface area contributed by atoms with Gasteiger partial charge in [0.15, 0.2) is 5.16 Å². The summed E-state index contributed by atoms with van der Waals surface area (Å²) in [6.07, 6.45) is 2.09. The van der Waals surface area contributed by atoms with Crippen molar-refractivity contribution in [1.29, 1.82) is 0 Å². The number of nitrogens with one attached hydrogen (secondary N) is 1. The number of nitrogens with zero attached hydrogens (tertiary/aromatic N) is 2. The first-order chi connectivity index (χ1) is 16.1. The zero-order valence-corrected chi connectivity index (χ0v) is 19.7. The number of thiophene rings is 1. The molecule has 0 saturated carbocycles. The van der Waals surface area contributed by atoms with Gasteiger partial charge in [-0.2, -0.15) is 0 Å². The molecule has 9 heteroatoms.